The topological polar surface area (TPSA) is 83.8 Å². The average Bonchev–Trinajstić information content (AvgIpc) is 2.87. The SMILES string of the molecule is Cl.Cl.NC1CCCC(C(=O)NCc2nc3ccccc3[nH]2)C1. The van der Waals surface area contributed by atoms with Crippen molar-refractivity contribution in [3.63, 3.8) is 0 Å². The molecule has 7 heteroatoms. The number of benzene rings is 1. The molecule has 1 aliphatic rings. The lowest BCUT2D eigenvalue weighted by atomic mass is 9.85. The van der Waals surface area contributed by atoms with E-state index in [-0.39, 0.29) is 42.7 Å². The molecular formula is C15H22Cl2N4O. The number of hydrogen-bond donors (Lipinski definition) is 3. The minimum Gasteiger partial charge on any atom is -0.349 e. The number of halogens is 2. The molecule has 2 atom stereocenters. The van der Waals surface area contributed by atoms with Crippen molar-refractivity contribution in [3.8, 4) is 0 Å². The highest BCUT2D eigenvalue weighted by Gasteiger charge is 2.25. The fraction of sp³-hybridized carbons (Fsp3) is 0.467. The number of para-hydroxylation sites is 2. The van der Waals surface area contributed by atoms with Gasteiger partial charge in [-0.15, -0.1) is 24.8 Å². The summed E-state index contributed by atoms with van der Waals surface area (Å²) in [5.74, 6) is 0.948. The quantitative estimate of drug-likeness (QED) is 0.799. The van der Waals surface area contributed by atoms with Gasteiger partial charge in [-0.1, -0.05) is 18.6 Å². The average molecular weight is 345 g/mol. The molecule has 0 aliphatic heterocycles. The van der Waals surface area contributed by atoms with Gasteiger partial charge in [0, 0.05) is 12.0 Å². The minimum absolute atomic E-state index is 0. The summed E-state index contributed by atoms with van der Waals surface area (Å²) < 4.78 is 0. The molecule has 1 fully saturated rings. The standard InChI is InChI=1S/C15H20N4O.2ClH/c16-11-5-3-4-10(8-11)15(20)17-9-14-18-12-6-1-2-7-13(12)19-14;;/h1-2,6-7,10-11H,3-5,8-9,16H2,(H,17,20)(H,18,19);2*1H. The lowest BCUT2D eigenvalue weighted by Crippen LogP contribution is -2.37. The van der Waals surface area contributed by atoms with Gasteiger partial charge in [-0.05, 0) is 31.4 Å². The molecule has 0 saturated heterocycles. The predicted octanol–water partition coefficient (Wildman–Crippen LogP) is 2.54. The third-order valence-corrected chi connectivity index (χ3v) is 3.95. The lowest BCUT2D eigenvalue weighted by Gasteiger charge is -2.25. The van der Waals surface area contributed by atoms with Crippen LogP contribution in [0.3, 0.4) is 0 Å². The largest absolute Gasteiger partial charge is 0.349 e. The van der Waals surface area contributed by atoms with Crippen LogP contribution in [0.2, 0.25) is 0 Å². The fourth-order valence-electron chi connectivity index (χ4n) is 2.87. The van der Waals surface area contributed by atoms with Crippen molar-refractivity contribution in [2.24, 2.45) is 11.7 Å². The summed E-state index contributed by atoms with van der Waals surface area (Å²) in [6.07, 6.45) is 3.82. The van der Waals surface area contributed by atoms with E-state index in [1.54, 1.807) is 0 Å². The maximum absolute atomic E-state index is 12.1. The number of aromatic amines is 1. The van der Waals surface area contributed by atoms with Crippen molar-refractivity contribution in [2.75, 3.05) is 0 Å². The van der Waals surface area contributed by atoms with Crippen LogP contribution >= 0.6 is 24.8 Å². The molecule has 0 bridgehead atoms. The Morgan fingerprint density at radius 3 is 2.82 bits per heavy atom. The molecule has 1 aliphatic carbocycles. The maximum atomic E-state index is 12.1. The first-order valence-electron chi connectivity index (χ1n) is 7.19. The number of rotatable bonds is 3. The first-order chi connectivity index (χ1) is 9.72. The summed E-state index contributed by atoms with van der Waals surface area (Å²) in [6.45, 7) is 0.444. The van der Waals surface area contributed by atoms with Crippen LogP contribution in [-0.2, 0) is 11.3 Å². The number of fused-ring (bicyclic) bond motifs is 1. The Morgan fingerprint density at radius 1 is 1.32 bits per heavy atom. The third kappa shape index (κ3) is 4.35. The number of nitrogens with two attached hydrogens (primary N) is 1. The van der Waals surface area contributed by atoms with Gasteiger partial charge in [0.15, 0.2) is 0 Å². The van der Waals surface area contributed by atoms with Gasteiger partial charge in [0.05, 0.1) is 17.6 Å². The van der Waals surface area contributed by atoms with Gasteiger partial charge < -0.3 is 16.0 Å². The van der Waals surface area contributed by atoms with E-state index in [2.05, 4.69) is 15.3 Å². The van der Waals surface area contributed by atoms with E-state index in [0.717, 1.165) is 42.5 Å². The Bertz CT molecular complexity index is 583. The van der Waals surface area contributed by atoms with Gasteiger partial charge in [-0.2, -0.15) is 0 Å². The molecule has 4 N–H and O–H groups in total. The number of carbonyl (C=O) groups excluding carboxylic acids is 1. The van der Waals surface area contributed by atoms with Crippen molar-refractivity contribution in [3.05, 3.63) is 30.1 Å². The maximum Gasteiger partial charge on any atom is 0.223 e. The predicted molar refractivity (Wildman–Crippen MR) is 92.4 cm³/mol. The second kappa shape index (κ2) is 8.36. The van der Waals surface area contributed by atoms with Crippen LogP contribution in [0, 0.1) is 5.92 Å². The van der Waals surface area contributed by atoms with Crippen LogP contribution in [0.5, 0.6) is 0 Å². The number of H-pyrrole nitrogens is 1. The fourth-order valence-corrected chi connectivity index (χ4v) is 2.87. The van der Waals surface area contributed by atoms with E-state index < -0.39 is 0 Å². The third-order valence-electron chi connectivity index (χ3n) is 3.95. The number of amides is 1. The molecule has 1 aromatic heterocycles. The van der Waals surface area contributed by atoms with Crippen molar-refractivity contribution >= 4 is 41.8 Å². The second-order valence-corrected chi connectivity index (χ2v) is 5.54. The summed E-state index contributed by atoms with van der Waals surface area (Å²) >= 11 is 0. The van der Waals surface area contributed by atoms with Crippen LogP contribution in [0.25, 0.3) is 11.0 Å². The number of carbonyl (C=O) groups is 1. The number of imidazole rings is 1. The Hall–Kier alpha value is -1.30. The summed E-state index contributed by atoms with van der Waals surface area (Å²) in [5.41, 5.74) is 7.85. The molecular weight excluding hydrogens is 323 g/mol. The molecule has 1 aromatic carbocycles. The first-order valence-corrected chi connectivity index (χ1v) is 7.19. The summed E-state index contributed by atoms with van der Waals surface area (Å²) in [6, 6.07) is 8.03. The summed E-state index contributed by atoms with van der Waals surface area (Å²) in [7, 11) is 0. The van der Waals surface area contributed by atoms with Gasteiger partial charge in [0.2, 0.25) is 5.91 Å². The molecule has 0 spiro atoms. The molecule has 1 saturated carbocycles. The lowest BCUT2D eigenvalue weighted by molar-refractivity contribution is -0.126. The number of hydrogen-bond acceptors (Lipinski definition) is 3. The normalized spacial score (nSPS) is 20.8. The van der Waals surface area contributed by atoms with Gasteiger partial charge in [0.1, 0.15) is 5.82 Å². The smallest absolute Gasteiger partial charge is 0.223 e. The molecule has 1 heterocycles. The van der Waals surface area contributed by atoms with E-state index in [9.17, 15) is 4.79 Å². The Morgan fingerprint density at radius 2 is 2.09 bits per heavy atom. The molecule has 122 valence electrons. The minimum atomic E-state index is 0. The molecule has 2 unspecified atom stereocenters. The molecule has 0 radical (unpaired) electrons. The van der Waals surface area contributed by atoms with E-state index in [4.69, 9.17) is 5.73 Å². The van der Waals surface area contributed by atoms with Gasteiger partial charge in [-0.25, -0.2) is 4.98 Å². The first kappa shape index (κ1) is 18.7. The number of aromatic nitrogens is 2. The highest BCUT2D eigenvalue weighted by atomic mass is 35.5. The highest BCUT2D eigenvalue weighted by Crippen LogP contribution is 2.23. The Kier molecular flexibility index (Phi) is 7.13. The van der Waals surface area contributed by atoms with Gasteiger partial charge >= 0.3 is 0 Å². The zero-order valence-corrected chi connectivity index (χ0v) is 13.9. The Labute approximate surface area is 142 Å². The number of nitrogens with zero attached hydrogens (tertiary/aromatic N) is 1. The Balaban J connectivity index is 0.00000121. The van der Waals surface area contributed by atoms with E-state index in [1.807, 2.05) is 24.3 Å². The van der Waals surface area contributed by atoms with Gasteiger partial charge in [-0.3, -0.25) is 4.79 Å². The van der Waals surface area contributed by atoms with Crippen molar-refractivity contribution in [2.45, 2.75) is 38.3 Å². The highest BCUT2D eigenvalue weighted by molar-refractivity contribution is 5.85. The van der Waals surface area contributed by atoms with Crippen LogP contribution in [0.15, 0.2) is 24.3 Å². The molecule has 3 rings (SSSR count). The second-order valence-electron chi connectivity index (χ2n) is 5.54. The summed E-state index contributed by atoms with van der Waals surface area (Å²) in [5, 5.41) is 2.96. The van der Waals surface area contributed by atoms with Crippen molar-refractivity contribution in [1.82, 2.24) is 15.3 Å². The van der Waals surface area contributed by atoms with E-state index in [0.29, 0.717) is 6.54 Å². The summed E-state index contributed by atoms with van der Waals surface area (Å²) in [4.78, 5) is 19.8. The molecule has 22 heavy (non-hydrogen) atoms. The van der Waals surface area contributed by atoms with E-state index >= 15 is 0 Å². The van der Waals surface area contributed by atoms with Crippen LogP contribution < -0.4 is 11.1 Å². The molecule has 2 aromatic rings. The number of nitrogens with one attached hydrogen (secondary N) is 2. The van der Waals surface area contributed by atoms with Crippen LogP contribution in [0.1, 0.15) is 31.5 Å². The van der Waals surface area contributed by atoms with Crippen molar-refractivity contribution in [1.29, 1.82) is 0 Å². The van der Waals surface area contributed by atoms with Gasteiger partial charge in [0.25, 0.3) is 0 Å². The molecule has 5 nitrogen and oxygen atoms in total. The monoisotopic (exact) mass is 344 g/mol. The van der Waals surface area contributed by atoms with Crippen molar-refractivity contribution < 1.29 is 4.79 Å². The van der Waals surface area contributed by atoms with Crippen LogP contribution in [-0.4, -0.2) is 21.9 Å². The molecule has 1 amide bonds. The van der Waals surface area contributed by atoms with E-state index in [1.165, 1.54) is 0 Å². The van der Waals surface area contributed by atoms with Crippen LogP contribution in [0.4, 0.5) is 0 Å². The zero-order chi connectivity index (χ0) is 13.9. The zero-order valence-electron chi connectivity index (χ0n) is 12.2.